The summed E-state index contributed by atoms with van der Waals surface area (Å²) in [4.78, 5) is 12.7. The lowest BCUT2D eigenvalue weighted by Gasteiger charge is -2.19. The first kappa shape index (κ1) is 18.6. The molecule has 27 heavy (non-hydrogen) atoms. The van der Waals surface area contributed by atoms with Gasteiger partial charge in [0, 0.05) is 17.1 Å². The lowest BCUT2D eigenvalue weighted by molar-refractivity contribution is -0.122. The number of carbonyl (C=O) groups excluding carboxylic acids is 1. The molecule has 1 atom stereocenters. The maximum absolute atomic E-state index is 12.7. The molecule has 0 unspecified atom stereocenters. The molecule has 0 saturated carbocycles. The van der Waals surface area contributed by atoms with E-state index in [1.807, 2.05) is 49.4 Å². The second kappa shape index (κ2) is 8.45. The van der Waals surface area contributed by atoms with Gasteiger partial charge in [0.05, 0.1) is 14.2 Å². The summed E-state index contributed by atoms with van der Waals surface area (Å²) >= 11 is 0. The average molecular weight is 365 g/mol. The Bertz CT molecular complexity index is 933. The van der Waals surface area contributed by atoms with Gasteiger partial charge < -0.3 is 19.5 Å². The molecule has 0 aliphatic heterocycles. The summed E-state index contributed by atoms with van der Waals surface area (Å²) in [6.07, 6.45) is -0.0635. The molecule has 0 spiro atoms. The number of hydrogen-bond acceptors (Lipinski definition) is 4. The van der Waals surface area contributed by atoms with E-state index in [1.54, 1.807) is 32.4 Å². The number of ether oxygens (including phenoxy) is 3. The minimum absolute atomic E-state index is 0.211. The molecule has 5 heteroatoms. The van der Waals surface area contributed by atoms with E-state index in [1.165, 1.54) is 0 Å². The van der Waals surface area contributed by atoms with Crippen LogP contribution in [0.2, 0.25) is 0 Å². The van der Waals surface area contributed by atoms with Gasteiger partial charge in [0.1, 0.15) is 5.75 Å². The van der Waals surface area contributed by atoms with Crippen LogP contribution >= 0.6 is 0 Å². The summed E-state index contributed by atoms with van der Waals surface area (Å²) in [6, 6.07) is 19.0. The average Bonchev–Trinajstić information content (AvgIpc) is 2.71. The van der Waals surface area contributed by atoms with Crippen molar-refractivity contribution in [1.82, 2.24) is 0 Å². The Kier molecular flexibility index (Phi) is 5.81. The first-order valence-electron chi connectivity index (χ1n) is 8.83. The number of fused-ring (bicyclic) bond motifs is 1. The predicted octanol–water partition coefficient (Wildman–Crippen LogP) is 4.65. The monoisotopic (exact) mass is 365 g/mol. The van der Waals surface area contributed by atoms with Crippen LogP contribution in [0.4, 0.5) is 5.69 Å². The number of benzene rings is 3. The minimum Gasteiger partial charge on any atom is -0.493 e. The molecule has 3 rings (SSSR count). The molecule has 0 heterocycles. The van der Waals surface area contributed by atoms with Crippen molar-refractivity contribution in [3.63, 3.8) is 0 Å². The number of hydrogen-bond donors (Lipinski definition) is 1. The Balaban J connectivity index is 1.78. The van der Waals surface area contributed by atoms with Crippen LogP contribution in [0, 0.1) is 0 Å². The topological polar surface area (TPSA) is 56.8 Å². The SMILES string of the molecule is CC[C@@H](Oc1cccc2ccccc12)C(=O)Nc1ccc(OC)c(OC)c1. The summed E-state index contributed by atoms with van der Waals surface area (Å²) in [5.74, 6) is 1.65. The quantitative estimate of drug-likeness (QED) is 0.662. The third-order valence-corrected chi connectivity index (χ3v) is 4.33. The Morgan fingerprint density at radius 3 is 2.41 bits per heavy atom. The fraction of sp³-hybridized carbons (Fsp3) is 0.227. The Morgan fingerprint density at radius 1 is 0.926 bits per heavy atom. The lowest BCUT2D eigenvalue weighted by Crippen LogP contribution is -2.32. The van der Waals surface area contributed by atoms with Gasteiger partial charge in [-0.05, 0) is 30.0 Å². The van der Waals surface area contributed by atoms with Gasteiger partial charge in [-0.3, -0.25) is 4.79 Å². The van der Waals surface area contributed by atoms with E-state index in [4.69, 9.17) is 14.2 Å². The van der Waals surface area contributed by atoms with E-state index in [0.717, 1.165) is 10.8 Å². The molecule has 1 N–H and O–H groups in total. The molecule has 0 saturated heterocycles. The largest absolute Gasteiger partial charge is 0.493 e. The second-order valence-electron chi connectivity index (χ2n) is 6.05. The maximum Gasteiger partial charge on any atom is 0.265 e. The van der Waals surface area contributed by atoms with Gasteiger partial charge in [-0.2, -0.15) is 0 Å². The van der Waals surface area contributed by atoms with Crippen LogP contribution in [0.1, 0.15) is 13.3 Å². The first-order chi connectivity index (χ1) is 13.2. The molecule has 0 radical (unpaired) electrons. The van der Waals surface area contributed by atoms with Gasteiger partial charge in [-0.15, -0.1) is 0 Å². The molecule has 3 aromatic rings. The highest BCUT2D eigenvalue weighted by molar-refractivity contribution is 5.95. The van der Waals surface area contributed by atoms with Gasteiger partial charge in [-0.25, -0.2) is 0 Å². The van der Waals surface area contributed by atoms with E-state index in [9.17, 15) is 4.79 Å². The maximum atomic E-state index is 12.7. The zero-order chi connectivity index (χ0) is 19.2. The van der Waals surface area contributed by atoms with Crippen LogP contribution in [-0.4, -0.2) is 26.2 Å². The lowest BCUT2D eigenvalue weighted by atomic mass is 10.1. The van der Waals surface area contributed by atoms with Crippen molar-refractivity contribution in [2.45, 2.75) is 19.4 Å². The number of nitrogens with one attached hydrogen (secondary N) is 1. The van der Waals surface area contributed by atoms with Crippen LogP contribution in [0.5, 0.6) is 17.2 Å². The summed E-state index contributed by atoms with van der Waals surface area (Å²) in [7, 11) is 3.13. The summed E-state index contributed by atoms with van der Waals surface area (Å²) in [5, 5.41) is 4.95. The summed E-state index contributed by atoms with van der Waals surface area (Å²) in [6.45, 7) is 1.92. The molecular weight excluding hydrogens is 342 g/mol. The number of rotatable bonds is 7. The molecule has 140 valence electrons. The third kappa shape index (κ3) is 4.14. The van der Waals surface area contributed by atoms with E-state index in [0.29, 0.717) is 29.4 Å². The molecule has 1 amide bonds. The minimum atomic E-state index is -0.607. The van der Waals surface area contributed by atoms with Crippen molar-refractivity contribution in [1.29, 1.82) is 0 Å². The third-order valence-electron chi connectivity index (χ3n) is 4.33. The molecule has 3 aromatic carbocycles. The van der Waals surface area contributed by atoms with Crippen LogP contribution < -0.4 is 19.5 Å². The highest BCUT2D eigenvalue weighted by Gasteiger charge is 2.20. The fourth-order valence-electron chi connectivity index (χ4n) is 2.91. The normalized spacial score (nSPS) is 11.7. The smallest absolute Gasteiger partial charge is 0.265 e. The molecule has 0 fully saturated rings. The molecule has 0 aliphatic carbocycles. The first-order valence-corrected chi connectivity index (χ1v) is 8.83. The number of carbonyl (C=O) groups is 1. The number of methoxy groups -OCH3 is 2. The van der Waals surface area contributed by atoms with Gasteiger partial charge in [0.25, 0.3) is 5.91 Å². The van der Waals surface area contributed by atoms with Crippen LogP contribution in [0.3, 0.4) is 0 Å². The van der Waals surface area contributed by atoms with Crippen LogP contribution in [-0.2, 0) is 4.79 Å². The van der Waals surface area contributed by atoms with E-state index in [2.05, 4.69) is 5.32 Å². The van der Waals surface area contributed by atoms with Gasteiger partial charge in [-0.1, -0.05) is 43.3 Å². The zero-order valence-electron chi connectivity index (χ0n) is 15.7. The van der Waals surface area contributed by atoms with E-state index in [-0.39, 0.29) is 5.91 Å². The van der Waals surface area contributed by atoms with Crippen molar-refractivity contribution in [2.24, 2.45) is 0 Å². The van der Waals surface area contributed by atoms with Gasteiger partial charge in [0.15, 0.2) is 17.6 Å². The summed E-state index contributed by atoms with van der Waals surface area (Å²) < 4.78 is 16.5. The van der Waals surface area contributed by atoms with Crippen LogP contribution in [0.15, 0.2) is 60.7 Å². The molecule has 5 nitrogen and oxygen atoms in total. The highest BCUT2D eigenvalue weighted by Crippen LogP contribution is 2.30. The standard InChI is InChI=1S/C22H23NO4/c1-4-18(27-19-11-7-9-15-8-5-6-10-17(15)19)22(24)23-16-12-13-20(25-2)21(14-16)26-3/h5-14,18H,4H2,1-3H3,(H,23,24)/t18-/m1/s1. The van der Waals surface area contributed by atoms with Gasteiger partial charge >= 0.3 is 0 Å². The van der Waals surface area contributed by atoms with Crippen molar-refractivity contribution in [2.75, 3.05) is 19.5 Å². The van der Waals surface area contributed by atoms with E-state index < -0.39 is 6.10 Å². The number of amides is 1. The van der Waals surface area contributed by atoms with Crippen molar-refractivity contribution >= 4 is 22.4 Å². The highest BCUT2D eigenvalue weighted by atomic mass is 16.5. The molecule has 0 aliphatic rings. The van der Waals surface area contributed by atoms with Crippen molar-refractivity contribution in [3.8, 4) is 17.2 Å². The Labute approximate surface area is 158 Å². The van der Waals surface area contributed by atoms with Crippen molar-refractivity contribution < 1.29 is 19.0 Å². The summed E-state index contributed by atoms with van der Waals surface area (Å²) in [5.41, 5.74) is 0.623. The molecule has 0 bridgehead atoms. The molecule has 0 aromatic heterocycles. The van der Waals surface area contributed by atoms with E-state index >= 15 is 0 Å². The second-order valence-corrected chi connectivity index (χ2v) is 6.05. The zero-order valence-corrected chi connectivity index (χ0v) is 15.7. The Hall–Kier alpha value is -3.21. The Morgan fingerprint density at radius 2 is 1.67 bits per heavy atom. The fourth-order valence-corrected chi connectivity index (χ4v) is 2.91. The number of anilines is 1. The van der Waals surface area contributed by atoms with Crippen LogP contribution in [0.25, 0.3) is 10.8 Å². The van der Waals surface area contributed by atoms with Crippen molar-refractivity contribution in [3.05, 3.63) is 60.7 Å². The predicted molar refractivity (Wildman–Crippen MR) is 107 cm³/mol. The van der Waals surface area contributed by atoms with Gasteiger partial charge in [0.2, 0.25) is 0 Å². The molecular formula is C22H23NO4.